The highest BCUT2D eigenvalue weighted by atomic mass is 19.1. The molecular formula is C29H33FN2O2. The lowest BCUT2D eigenvalue weighted by atomic mass is 9.88. The van der Waals surface area contributed by atoms with Crippen molar-refractivity contribution >= 4 is 11.8 Å². The van der Waals surface area contributed by atoms with E-state index in [0.717, 1.165) is 16.7 Å². The molecule has 5 heteroatoms. The summed E-state index contributed by atoms with van der Waals surface area (Å²) < 4.78 is 13.5. The van der Waals surface area contributed by atoms with Gasteiger partial charge in [-0.3, -0.25) is 9.59 Å². The Labute approximate surface area is 201 Å². The lowest BCUT2D eigenvalue weighted by Crippen LogP contribution is -2.52. The normalized spacial score (nSPS) is 12.3. The van der Waals surface area contributed by atoms with Crippen molar-refractivity contribution in [3.63, 3.8) is 0 Å². The van der Waals surface area contributed by atoms with Gasteiger partial charge in [-0.15, -0.1) is 0 Å². The quantitative estimate of drug-likeness (QED) is 0.470. The molecule has 0 aromatic heterocycles. The lowest BCUT2D eigenvalue weighted by Gasteiger charge is -2.32. The third-order valence-electron chi connectivity index (χ3n) is 5.71. The predicted octanol–water partition coefficient (Wildman–Crippen LogP) is 5.68. The number of amides is 2. The zero-order valence-electron chi connectivity index (χ0n) is 20.3. The summed E-state index contributed by atoms with van der Waals surface area (Å²) in [5, 5.41) is 2.97. The maximum Gasteiger partial charge on any atom is 0.242 e. The van der Waals surface area contributed by atoms with Crippen molar-refractivity contribution in [1.29, 1.82) is 0 Å². The summed E-state index contributed by atoms with van der Waals surface area (Å²) in [5.74, 6) is -0.852. The number of hydrogen-bond acceptors (Lipinski definition) is 2. The van der Waals surface area contributed by atoms with E-state index < -0.39 is 11.6 Å². The molecule has 0 bridgehead atoms. The van der Waals surface area contributed by atoms with Crippen molar-refractivity contribution in [2.45, 2.75) is 58.2 Å². The van der Waals surface area contributed by atoms with Crippen molar-refractivity contribution in [3.05, 3.63) is 107 Å². The molecule has 3 aromatic carbocycles. The monoisotopic (exact) mass is 460 g/mol. The maximum absolute atomic E-state index is 13.8. The van der Waals surface area contributed by atoms with Gasteiger partial charge < -0.3 is 10.2 Å². The van der Waals surface area contributed by atoms with E-state index in [1.807, 2.05) is 81.4 Å². The summed E-state index contributed by atoms with van der Waals surface area (Å²) in [6.45, 7) is 7.68. The van der Waals surface area contributed by atoms with Gasteiger partial charge in [-0.2, -0.15) is 0 Å². The van der Waals surface area contributed by atoms with Crippen molar-refractivity contribution in [1.82, 2.24) is 10.2 Å². The summed E-state index contributed by atoms with van der Waals surface area (Å²) in [4.78, 5) is 28.4. The van der Waals surface area contributed by atoms with E-state index in [0.29, 0.717) is 0 Å². The minimum absolute atomic E-state index is 0.140. The molecule has 0 fully saturated rings. The summed E-state index contributed by atoms with van der Waals surface area (Å²) in [5.41, 5.74) is 2.42. The molecule has 0 saturated carbocycles. The first kappa shape index (κ1) is 25.2. The Balaban J connectivity index is 1.92. The second kappa shape index (κ2) is 11.1. The van der Waals surface area contributed by atoms with Crippen LogP contribution in [0.25, 0.3) is 0 Å². The third-order valence-corrected chi connectivity index (χ3v) is 5.71. The third kappa shape index (κ3) is 7.01. The fourth-order valence-corrected chi connectivity index (χ4v) is 3.93. The number of nitrogens with one attached hydrogen (secondary N) is 1. The second-order valence-corrected chi connectivity index (χ2v) is 9.64. The van der Waals surface area contributed by atoms with Crippen LogP contribution in [0.1, 0.15) is 56.7 Å². The topological polar surface area (TPSA) is 49.4 Å². The largest absolute Gasteiger partial charge is 0.350 e. The Morgan fingerprint density at radius 3 is 1.82 bits per heavy atom. The standard InChI is InChI=1S/C29H33FN2O2/c1-21(28(34)31-29(2,3)4)32(20-22-15-17-25(30)18-16-22)27(33)19-26(23-11-7-5-8-12-23)24-13-9-6-10-14-24/h5-18,21,26H,19-20H2,1-4H3,(H,31,34)/t21-/m0/s1. The van der Waals surface area contributed by atoms with Gasteiger partial charge in [0.2, 0.25) is 11.8 Å². The molecule has 2 amide bonds. The highest BCUT2D eigenvalue weighted by molar-refractivity contribution is 5.88. The van der Waals surface area contributed by atoms with Gasteiger partial charge in [0.25, 0.3) is 0 Å². The van der Waals surface area contributed by atoms with Gasteiger partial charge in [0.15, 0.2) is 0 Å². The van der Waals surface area contributed by atoms with Crippen LogP contribution in [0.15, 0.2) is 84.9 Å². The fourth-order valence-electron chi connectivity index (χ4n) is 3.93. The Morgan fingerprint density at radius 2 is 1.35 bits per heavy atom. The maximum atomic E-state index is 13.8. The van der Waals surface area contributed by atoms with Gasteiger partial charge in [-0.1, -0.05) is 72.8 Å². The smallest absolute Gasteiger partial charge is 0.242 e. The van der Waals surface area contributed by atoms with Crippen LogP contribution in [0.4, 0.5) is 4.39 Å². The van der Waals surface area contributed by atoms with Crippen LogP contribution in [-0.2, 0) is 16.1 Å². The van der Waals surface area contributed by atoms with Crippen molar-refractivity contribution in [2.75, 3.05) is 0 Å². The molecule has 34 heavy (non-hydrogen) atoms. The van der Waals surface area contributed by atoms with E-state index in [4.69, 9.17) is 0 Å². The van der Waals surface area contributed by atoms with E-state index in [-0.39, 0.29) is 36.5 Å². The molecule has 4 nitrogen and oxygen atoms in total. The summed E-state index contributed by atoms with van der Waals surface area (Å²) in [7, 11) is 0. The zero-order valence-corrected chi connectivity index (χ0v) is 20.3. The molecule has 0 aliphatic rings. The van der Waals surface area contributed by atoms with E-state index in [9.17, 15) is 14.0 Å². The first-order valence-corrected chi connectivity index (χ1v) is 11.6. The van der Waals surface area contributed by atoms with Crippen LogP contribution >= 0.6 is 0 Å². The van der Waals surface area contributed by atoms with Crippen LogP contribution in [0.2, 0.25) is 0 Å². The van der Waals surface area contributed by atoms with E-state index in [1.54, 1.807) is 24.0 Å². The summed E-state index contributed by atoms with van der Waals surface area (Å²) in [6, 6.07) is 25.2. The predicted molar refractivity (Wildman–Crippen MR) is 134 cm³/mol. The Morgan fingerprint density at radius 1 is 0.853 bits per heavy atom. The van der Waals surface area contributed by atoms with Gasteiger partial charge in [0, 0.05) is 24.4 Å². The first-order chi connectivity index (χ1) is 16.1. The number of halogens is 1. The van der Waals surface area contributed by atoms with E-state index >= 15 is 0 Å². The number of hydrogen-bond donors (Lipinski definition) is 1. The molecule has 1 N–H and O–H groups in total. The highest BCUT2D eigenvalue weighted by Gasteiger charge is 2.30. The van der Waals surface area contributed by atoms with Crippen LogP contribution < -0.4 is 5.32 Å². The Bertz CT molecular complexity index is 1040. The number of benzene rings is 3. The molecule has 1 atom stereocenters. The minimum Gasteiger partial charge on any atom is -0.350 e. The molecule has 0 unspecified atom stereocenters. The molecule has 178 valence electrons. The van der Waals surface area contributed by atoms with Gasteiger partial charge in [0.05, 0.1) is 0 Å². The average molecular weight is 461 g/mol. The van der Waals surface area contributed by atoms with Gasteiger partial charge in [-0.05, 0) is 56.5 Å². The van der Waals surface area contributed by atoms with Gasteiger partial charge >= 0.3 is 0 Å². The highest BCUT2D eigenvalue weighted by Crippen LogP contribution is 2.29. The second-order valence-electron chi connectivity index (χ2n) is 9.64. The summed E-state index contributed by atoms with van der Waals surface area (Å²) >= 11 is 0. The molecule has 0 spiro atoms. The molecule has 0 heterocycles. The average Bonchev–Trinajstić information content (AvgIpc) is 2.81. The van der Waals surface area contributed by atoms with Crippen molar-refractivity contribution < 1.29 is 14.0 Å². The number of rotatable bonds is 8. The van der Waals surface area contributed by atoms with Crippen molar-refractivity contribution in [2.24, 2.45) is 0 Å². The minimum atomic E-state index is -0.691. The molecule has 3 rings (SSSR count). The SMILES string of the molecule is C[C@@H](C(=O)NC(C)(C)C)N(Cc1ccc(F)cc1)C(=O)CC(c1ccccc1)c1ccccc1. The zero-order chi connectivity index (χ0) is 24.7. The Kier molecular flexibility index (Phi) is 8.21. The van der Waals surface area contributed by atoms with E-state index in [1.165, 1.54) is 12.1 Å². The lowest BCUT2D eigenvalue weighted by molar-refractivity contribution is -0.141. The van der Waals surface area contributed by atoms with Crippen LogP contribution in [0.5, 0.6) is 0 Å². The van der Waals surface area contributed by atoms with Crippen LogP contribution in [0, 0.1) is 5.82 Å². The number of nitrogens with zero attached hydrogens (tertiary/aromatic N) is 1. The molecule has 0 aliphatic carbocycles. The molecule has 0 saturated heterocycles. The molecule has 0 radical (unpaired) electrons. The number of carbonyl (C=O) groups excluding carboxylic acids is 2. The fraction of sp³-hybridized carbons (Fsp3) is 0.310. The first-order valence-electron chi connectivity index (χ1n) is 11.6. The summed E-state index contributed by atoms with van der Waals surface area (Å²) in [6.07, 6.45) is 0.211. The number of carbonyl (C=O) groups is 2. The van der Waals surface area contributed by atoms with E-state index in [2.05, 4.69) is 5.32 Å². The van der Waals surface area contributed by atoms with Gasteiger partial charge in [-0.25, -0.2) is 4.39 Å². The van der Waals surface area contributed by atoms with Crippen molar-refractivity contribution in [3.8, 4) is 0 Å². The van der Waals surface area contributed by atoms with Crippen LogP contribution in [-0.4, -0.2) is 28.3 Å². The van der Waals surface area contributed by atoms with Crippen LogP contribution in [0.3, 0.4) is 0 Å². The molecular weight excluding hydrogens is 427 g/mol. The molecule has 0 aliphatic heterocycles. The molecule has 3 aromatic rings. The van der Waals surface area contributed by atoms with Gasteiger partial charge in [0.1, 0.15) is 11.9 Å². The Hall–Kier alpha value is -3.47.